The lowest BCUT2D eigenvalue weighted by atomic mass is 10.1. The van der Waals surface area contributed by atoms with Crippen molar-refractivity contribution in [3.05, 3.63) is 35.2 Å². The van der Waals surface area contributed by atoms with Gasteiger partial charge < -0.3 is 15.4 Å². The number of nitrogens with two attached hydrogens (primary N) is 1. The van der Waals surface area contributed by atoms with Crippen LogP contribution in [0.25, 0.3) is 0 Å². The molecule has 1 unspecified atom stereocenters. The highest BCUT2D eigenvalue weighted by molar-refractivity contribution is 7.89. The number of aryl methyl sites for hydroxylation is 2. The molecule has 1 heterocycles. The molecule has 0 radical (unpaired) electrons. The van der Waals surface area contributed by atoms with E-state index in [4.69, 9.17) is 10.3 Å². The summed E-state index contributed by atoms with van der Waals surface area (Å²) in [6.07, 6.45) is 0. The SMILES string of the molecule is Cc1noc(C)c1C(C)NS(=O)(=O)c1ccc(O)c(N)c1. The van der Waals surface area contributed by atoms with Gasteiger partial charge in [-0.1, -0.05) is 5.16 Å². The van der Waals surface area contributed by atoms with E-state index < -0.39 is 16.1 Å². The molecule has 1 aromatic heterocycles. The third-order valence-corrected chi connectivity index (χ3v) is 4.70. The van der Waals surface area contributed by atoms with E-state index in [1.54, 1.807) is 20.8 Å². The molecule has 0 aliphatic heterocycles. The molecule has 0 fully saturated rings. The maximum atomic E-state index is 12.3. The van der Waals surface area contributed by atoms with Gasteiger partial charge in [0.2, 0.25) is 10.0 Å². The fraction of sp³-hybridized carbons (Fsp3) is 0.308. The summed E-state index contributed by atoms with van der Waals surface area (Å²) in [6, 6.07) is 3.23. The van der Waals surface area contributed by atoms with Crippen LogP contribution in [0.2, 0.25) is 0 Å². The molecule has 4 N–H and O–H groups in total. The number of aromatic nitrogens is 1. The van der Waals surface area contributed by atoms with Crippen molar-refractivity contribution < 1.29 is 18.0 Å². The second-order valence-corrected chi connectivity index (χ2v) is 6.52. The van der Waals surface area contributed by atoms with Crippen LogP contribution in [0.3, 0.4) is 0 Å². The molecular formula is C13H17N3O4S. The zero-order valence-electron chi connectivity index (χ0n) is 11.9. The minimum absolute atomic E-state index is 0.00265. The van der Waals surface area contributed by atoms with Gasteiger partial charge in [0.05, 0.1) is 16.3 Å². The second kappa shape index (κ2) is 5.38. The highest BCUT2D eigenvalue weighted by atomic mass is 32.2. The van der Waals surface area contributed by atoms with Crippen LogP contribution in [0, 0.1) is 13.8 Å². The molecule has 21 heavy (non-hydrogen) atoms. The zero-order chi connectivity index (χ0) is 15.8. The monoisotopic (exact) mass is 311 g/mol. The molecule has 0 saturated heterocycles. The summed E-state index contributed by atoms with van der Waals surface area (Å²) in [5, 5.41) is 13.2. The van der Waals surface area contributed by atoms with E-state index in [1.165, 1.54) is 18.2 Å². The Balaban J connectivity index is 2.31. The number of nitrogens with one attached hydrogen (secondary N) is 1. The Hall–Kier alpha value is -2.06. The summed E-state index contributed by atoms with van der Waals surface area (Å²) < 4.78 is 32.2. The van der Waals surface area contributed by atoms with Crippen molar-refractivity contribution in [3.8, 4) is 5.75 Å². The van der Waals surface area contributed by atoms with Crippen LogP contribution >= 0.6 is 0 Å². The number of sulfonamides is 1. The minimum atomic E-state index is -3.77. The van der Waals surface area contributed by atoms with Crippen molar-refractivity contribution in [2.45, 2.75) is 31.7 Å². The lowest BCUT2D eigenvalue weighted by Crippen LogP contribution is -2.27. The first-order valence-electron chi connectivity index (χ1n) is 6.26. The van der Waals surface area contributed by atoms with Crippen molar-refractivity contribution in [2.24, 2.45) is 0 Å². The quantitative estimate of drug-likeness (QED) is 0.583. The van der Waals surface area contributed by atoms with E-state index in [2.05, 4.69) is 9.88 Å². The van der Waals surface area contributed by atoms with Gasteiger partial charge in [-0.15, -0.1) is 0 Å². The molecular weight excluding hydrogens is 294 g/mol. The largest absolute Gasteiger partial charge is 0.506 e. The topological polar surface area (TPSA) is 118 Å². The minimum Gasteiger partial charge on any atom is -0.506 e. The molecule has 1 atom stereocenters. The molecule has 2 aromatic rings. The molecule has 0 aliphatic carbocycles. The molecule has 8 heteroatoms. The average Bonchev–Trinajstić information content (AvgIpc) is 2.71. The summed E-state index contributed by atoms with van der Waals surface area (Å²) in [7, 11) is -3.77. The normalized spacial score (nSPS) is 13.3. The highest BCUT2D eigenvalue weighted by Gasteiger charge is 2.23. The lowest BCUT2D eigenvalue weighted by molar-refractivity contribution is 0.391. The third kappa shape index (κ3) is 3.01. The van der Waals surface area contributed by atoms with Gasteiger partial charge in [0.15, 0.2) is 0 Å². The highest BCUT2D eigenvalue weighted by Crippen LogP contribution is 2.26. The Bertz CT molecular complexity index is 748. The number of hydrogen-bond donors (Lipinski definition) is 3. The van der Waals surface area contributed by atoms with Crippen LogP contribution in [0.1, 0.15) is 30.0 Å². The van der Waals surface area contributed by atoms with Crippen molar-refractivity contribution in [3.63, 3.8) is 0 Å². The maximum absolute atomic E-state index is 12.3. The van der Waals surface area contributed by atoms with Gasteiger partial charge in [-0.2, -0.15) is 0 Å². The van der Waals surface area contributed by atoms with Gasteiger partial charge in [0.25, 0.3) is 0 Å². The fourth-order valence-corrected chi connectivity index (χ4v) is 3.42. The van der Waals surface area contributed by atoms with Crippen molar-refractivity contribution in [1.29, 1.82) is 0 Å². The van der Waals surface area contributed by atoms with Crippen LogP contribution in [0.4, 0.5) is 5.69 Å². The number of phenols is 1. The van der Waals surface area contributed by atoms with E-state index in [-0.39, 0.29) is 16.3 Å². The van der Waals surface area contributed by atoms with E-state index >= 15 is 0 Å². The van der Waals surface area contributed by atoms with Crippen LogP contribution < -0.4 is 10.5 Å². The number of phenolic OH excluding ortho intramolecular Hbond substituents is 1. The number of benzene rings is 1. The molecule has 114 valence electrons. The summed E-state index contributed by atoms with van der Waals surface area (Å²) in [6.45, 7) is 5.17. The van der Waals surface area contributed by atoms with Gasteiger partial charge >= 0.3 is 0 Å². The Morgan fingerprint density at radius 1 is 1.38 bits per heavy atom. The Morgan fingerprint density at radius 3 is 2.57 bits per heavy atom. The summed E-state index contributed by atoms with van der Waals surface area (Å²) in [4.78, 5) is -0.0172. The van der Waals surface area contributed by atoms with Crippen LogP contribution in [0.15, 0.2) is 27.6 Å². The summed E-state index contributed by atoms with van der Waals surface area (Å²) in [5.41, 5.74) is 6.86. The predicted octanol–water partition coefficient (Wildman–Crippen LogP) is 1.62. The number of aromatic hydroxyl groups is 1. The molecule has 0 aliphatic rings. The smallest absolute Gasteiger partial charge is 0.241 e. The number of nitrogens with zero attached hydrogens (tertiary/aromatic N) is 1. The predicted molar refractivity (Wildman–Crippen MR) is 77.2 cm³/mol. The molecule has 0 bridgehead atoms. The first kappa shape index (κ1) is 15.3. The number of hydrogen-bond acceptors (Lipinski definition) is 6. The van der Waals surface area contributed by atoms with Crippen molar-refractivity contribution >= 4 is 15.7 Å². The van der Waals surface area contributed by atoms with Gasteiger partial charge in [-0.25, -0.2) is 13.1 Å². The Morgan fingerprint density at radius 2 is 2.05 bits per heavy atom. The molecule has 2 rings (SSSR count). The van der Waals surface area contributed by atoms with Crippen molar-refractivity contribution in [1.82, 2.24) is 9.88 Å². The molecule has 0 saturated carbocycles. The summed E-state index contributed by atoms with van der Waals surface area (Å²) in [5.74, 6) is 0.403. The van der Waals surface area contributed by atoms with E-state index in [1.807, 2.05) is 0 Å². The molecule has 7 nitrogen and oxygen atoms in total. The van der Waals surface area contributed by atoms with Crippen LogP contribution in [-0.4, -0.2) is 18.7 Å². The van der Waals surface area contributed by atoms with Gasteiger partial charge in [-0.3, -0.25) is 0 Å². The first-order valence-corrected chi connectivity index (χ1v) is 7.74. The Labute approximate surface area is 122 Å². The summed E-state index contributed by atoms with van der Waals surface area (Å²) >= 11 is 0. The lowest BCUT2D eigenvalue weighted by Gasteiger charge is -2.14. The van der Waals surface area contributed by atoms with Gasteiger partial charge in [0, 0.05) is 11.6 Å². The fourth-order valence-electron chi connectivity index (χ4n) is 2.17. The van der Waals surface area contributed by atoms with Crippen LogP contribution in [0.5, 0.6) is 5.75 Å². The molecule has 0 spiro atoms. The third-order valence-electron chi connectivity index (χ3n) is 3.16. The Kier molecular flexibility index (Phi) is 3.93. The van der Waals surface area contributed by atoms with E-state index in [0.29, 0.717) is 17.0 Å². The van der Waals surface area contributed by atoms with Crippen LogP contribution in [-0.2, 0) is 10.0 Å². The standard InChI is InChI=1S/C13H17N3O4S/c1-7-13(9(3)20-15-7)8(2)16-21(18,19)10-4-5-12(17)11(14)6-10/h4-6,8,16-17H,14H2,1-3H3. The van der Waals surface area contributed by atoms with E-state index in [9.17, 15) is 13.5 Å². The first-order chi connectivity index (χ1) is 9.72. The van der Waals surface area contributed by atoms with E-state index in [0.717, 1.165) is 0 Å². The van der Waals surface area contributed by atoms with Crippen molar-refractivity contribution in [2.75, 3.05) is 5.73 Å². The average molecular weight is 311 g/mol. The maximum Gasteiger partial charge on any atom is 0.241 e. The zero-order valence-corrected chi connectivity index (χ0v) is 12.7. The number of nitrogen functional groups attached to an aromatic ring is 1. The number of rotatable bonds is 4. The number of anilines is 1. The molecule has 0 amide bonds. The van der Waals surface area contributed by atoms with Gasteiger partial charge in [0.1, 0.15) is 11.5 Å². The van der Waals surface area contributed by atoms with Gasteiger partial charge in [-0.05, 0) is 39.0 Å². The second-order valence-electron chi connectivity index (χ2n) is 4.80. The molecule has 1 aromatic carbocycles.